The van der Waals surface area contributed by atoms with Gasteiger partial charge in [-0.1, -0.05) is 32.0 Å². The van der Waals surface area contributed by atoms with Crippen LogP contribution in [0.3, 0.4) is 0 Å². The fourth-order valence-electron chi connectivity index (χ4n) is 2.61. The summed E-state index contributed by atoms with van der Waals surface area (Å²) in [6.45, 7) is 5.76. The second-order valence-electron chi connectivity index (χ2n) is 5.93. The van der Waals surface area contributed by atoms with Crippen molar-refractivity contribution in [3.63, 3.8) is 0 Å². The topological polar surface area (TPSA) is 75.4 Å². The zero-order chi connectivity index (χ0) is 15.6. The Hall–Kier alpha value is -1.59. The second-order valence-corrected chi connectivity index (χ2v) is 5.93. The molecule has 1 aromatic rings. The van der Waals surface area contributed by atoms with E-state index >= 15 is 0 Å². The summed E-state index contributed by atoms with van der Waals surface area (Å²) in [7, 11) is 0. The van der Waals surface area contributed by atoms with Crippen LogP contribution in [0.25, 0.3) is 0 Å². The van der Waals surface area contributed by atoms with E-state index in [9.17, 15) is 9.59 Å². The van der Waals surface area contributed by atoms with Gasteiger partial charge in [0.15, 0.2) is 0 Å². The molecule has 0 spiro atoms. The first-order chi connectivity index (χ1) is 9.91. The predicted molar refractivity (Wildman–Crippen MR) is 90.2 cm³/mol. The smallest absolute Gasteiger partial charge is 0.246 e. The van der Waals surface area contributed by atoms with Gasteiger partial charge in [-0.2, -0.15) is 0 Å². The SMILES string of the molecule is CC(C)[C@H](N)C(=O)NCC(=O)N1c2ccccc2CC1C.Cl. The van der Waals surface area contributed by atoms with Crippen LogP contribution in [0.4, 0.5) is 5.69 Å². The normalized spacial score (nSPS) is 17.7. The molecule has 22 heavy (non-hydrogen) atoms. The molecule has 122 valence electrons. The number of carbonyl (C=O) groups is 2. The highest BCUT2D eigenvalue weighted by molar-refractivity contribution is 5.99. The molecule has 1 unspecified atom stereocenters. The van der Waals surface area contributed by atoms with Crippen molar-refractivity contribution in [2.24, 2.45) is 11.7 Å². The van der Waals surface area contributed by atoms with Crippen LogP contribution in [0, 0.1) is 5.92 Å². The van der Waals surface area contributed by atoms with E-state index in [0.29, 0.717) is 0 Å². The van der Waals surface area contributed by atoms with E-state index in [-0.39, 0.29) is 42.7 Å². The van der Waals surface area contributed by atoms with Gasteiger partial charge in [0.1, 0.15) is 0 Å². The Kier molecular flexibility index (Phi) is 6.38. The zero-order valence-electron chi connectivity index (χ0n) is 13.2. The van der Waals surface area contributed by atoms with Crippen LogP contribution in [-0.2, 0) is 16.0 Å². The molecule has 5 nitrogen and oxygen atoms in total. The molecule has 3 N–H and O–H groups in total. The van der Waals surface area contributed by atoms with Gasteiger partial charge < -0.3 is 16.0 Å². The first-order valence-electron chi connectivity index (χ1n) is 7.35. The van der Waals surface area contributed by atoms with E-state index in [2.05, 4.69) is 5.32 Å². The van der Waals surface area contributed by atoms with Crippen molar-refractivity contribution < 1.29 is 9.59 Å². The quantitative estimate of drug-likeness (QED) is 0.880. The molecule has 0 saturated carbocycles. The van der Waals surface area contributed by atoms with E-state index < -0.39 is 6.04 Å². The highest BCUT2D eigenvalue weighted by Gasteiger charge is 2.30. The molecule has 2 atom stereocenters. The molecular formula is C16H24ClN3O2. The molecule has 6 heteroatoms. The van der Waals surface area contributed by atoms with Crippen LogP contribution in [0.15, 0.2) is 24.3 Å². The van der Waals surface area contributed by atoms with E-state index in [0.717, 1.165) is 12.1 Å². The third kappa shape index (κ3) is 3.78. The molecule has 1 aliphatic heterocycles. The highest BCUT2D eigenvalue weighted by Crippen LogP contribution is 2.31. The van der Waals surface area contributed by atoms with Gasteiger partial charge in [0, 0.05) is 11.7 Å². The Bertz CT molecular complexity index is 548. The van der Waals surface area contributed by atoms with Gasteiger partial charge in [0.05, 0.1) is 12.6 Å². The lowest BCUT2D eigenvalue weighted by Crippen LogP contribution is -2.48. The summed E-state index contributed by atoms with van der Waals surface area (Å²) in [5, 5.41) is 2.64. The largest absolute Gasteiger partial charge is 0.346 e. The number of rotatable bonds is 4. The van der Waals surface area contributed by atoms with Crippen LogP contribution in [0.1, 0.15) is 26.3 Å². The molecule has 0 saturated heterocycles. The summed E-state index contributed by atoms with van der Waals surface area (Å²) in [6.07, 6.45) is 0.849. The Morgan fingerprint density at radius 2 is 2.00 bits per heavy atom. The Balaban J connectivity index is 0.00000242. The lowest BCUT2D eigenvalue weighted by molar-refractivity contribution is -0.126. The van der Waals surface area contributed by atoms with Gasteiger partial charge >= 0.3 is 0 Å². The summed E-state index contributed by atoms with van der Waals surface area (Å²) in [5.74, 6) is -0.332. The van der Waals surface area contributed by atoms with E-state index in [1.807, 2.05) is 45.0 Å². The molecule has 0 aliphatic carbocycles. The van der Waals surface area contributed by atoms with Crippen molar-refractivity contribution in [3.8, 4) is 0 Å². The van der Waals surface area contributed by atoms with Crippen LogP contribution in [-0.4, -0.2) is 30.4 Å². The number of anilines is 1. The van der Waals surface area contributed by atoms with Gasteiger partial charge in [-0.05, 0) is 30.9 Å². The number of halogens is 1. The summed E-state index contributed by atoms with van der Waals surface area (Å²) < 4.78 is 0. The number of hydrogen-bond acceptors (Lipinski definition) is 3. The number of para-hydroxylation sites is 1. The first kappa shape index (κ1) is 18.5. The Morgan fingerprint density at radius 1 is 1.36 bits per heavy atom. The van der Waals surface area contributed by atoms with Crippen LogP contribution >= 0.6 is 12.4 Å². The molecule has 2 amide bonds. The molecule has 1 aromatic carbocycles. The fourth-order valence-corrected chi connectivity index (χ4v) is 2.61. The van der Waals surface area contributed by atoms with Crippen LogP contribution < -0.4 is 16.0 Å². The zero-order valence-corrected chi connectivity index (χ0v) is 14.0. The first-order valence-corrected chi connectivity index (χ1v) is 7.35. The number of carbonyl (C=O) groups excluding carboxylic acids is 2. The van der Waals surface area contributed by atoms with E-state index in [1.54, 1.807) is 4.90 Å². The van der Waals surface area contributed by atoms with E-state index in [4.69, 9.17) is 5.73 Å². The van der Waals surface area contributed by atoms with E-state index in [1.165, 1.54) is 5.56 Å². The maximum atomic E-state index is 12.4. The molecule has 0 bridgehead atoms. The van der Waals surface area contributed by atoms with Crippen LogP contribution in [0.5, 0.6) is 0 Å². The number of nitrogens with two attached hydrogens (primary N) is 1. The maximum absolute atomic E-state index is 12.4. The molecule has 0 fully saturated rings. The van der Waals surface area contributed by atoms with Gasteiger partial charge in [-0.25, -0.2) is 0 Å². The number of fused-ring (bicyclic) bond motifs is 1. The molecule has 0 aromatic heterocycles. The predicted octanol–water partition coefficient (Wildman–Crippen LogP) is 1.49. The fraction of sp³-hybridized carbons (Fsp3) is 0.500. The minimum absolute atomic E-state index is 0. The molecular weight excluding hydrogens is 302 g/mol. The lowest BCUT2D eigenvalue weighted by atomic mass is 10.1. The highest BCUT2D eigenvalue weighted by atomic mass is 35.5. The van der Waals surface area contributed by atoms with Gasteiger partial charge in [0.2, 0.25) is 11.8 Å². The molecule has 0 radical (unpaired) electrons. The van der Waals surface area contributed by atoms with Crippen molar-refractivity contribution in [1.82, 2.24) is 5.32 Å². The third-order valence-electron chi connectivity index (χ3n) is 3.91. The second kappa shape index (κ2) is 7.61. The average Bonchev–Trinajstić information content (AvgIpc) is 2.79. The third-order valence-corrected chi connectivity index (χ3v) is 3.91. The molecule has 1 aliphatic rings. The minimum Gasteiger partial charge on any atom is -0.346 e. The number of nitrogens with zero attached hydrogens (tertiary/aromatic N) is 1. The monoisotopic (exact) mass is 325 g/mol. The van der Waals surface area contributed by atoms with Crippen molar-refractivity contribution in [2.75, 3.05) is 11.4 Å². The van der Waals surface area contributed by atoms with Crippen molar-refractivity contribution >= 4 is 29.9 Å². The molecule has 2 rings (SSSR count). The van der Waals surface area contributed by atoms with Gasteiger partial charge in [-0.3, -0.25) is 9.59 Å². The Labute approximate surface area is 137 Å². The van der Waals surface area contributed by atoms with Crippen LogP contribution in [0.2, 0.25) is 0 Å². The average molecular weight is 326 g/mol. The van der Waals surface area contributed by atoms with Gasteiger partial charge in [0.25, 0.3) is 0 Å². The number of benzene rings is 1. The lowest BCUT2D eigenvalue weighted by Gasteiger charge is -2.23. The number of amides is 2. The van der Waals surface area contributed by atoms with Crippen molar-refractivity contribution in [2.45, 2.75) is 39.3 Å². The summed E-state index contributed by atoms with van der Waals surface area (Å²) >= 11 is 0. The number of hydrogen-bond donors (Lipinski definition) is 2. The van der Waals surface area contributed by atoms with Crippen molar-refractivity contribution in [1.29, 1.82) is 0 Å². The maximum Gasteiger partial charge on any atom is 0.246 e. The standard InChI is InChI=1S/C16H23N3O2.ClH/c1-10(2)15(17)16(21)18-9-14(20)19-11(3)8-12-6-4-5-7-13(12)19;/h4-7,10-11,15H,8-9,17H2,1-3H3,(H,18,21);1H/t11?,15-;/m0./s1. The summed E-state index contributed by atoms with van der Waals surface area (Å²) in [4.78, 5) is 26.0. The summed E-state index contributed by atoms with van der Waals surface area (Å²) in [6, 6.07) is 7.41. The number of nitrogens with one attached hydrogen (secondary N) is 1. The van der Waals surface area contributed by atoms with Crippen molar-refractivity contribution in [3.05, 3.63) is 29.8 Å². The summed E-state index contributed by atoms with van der Waals surface area (Å²) in [5.41, 5.74) is 7.88. The molecule has 1 heterocycles. The van der Waals surface area contributed by atoms with Gasteiger partial charge in [-0.15, -0.1) is 12.4 Å². The minimum atomic E-state index is -0.582. The Morgan fingerprint density at radius 3 is 2.64 bits per heavy atom.